The van der Waals surface area contributed by atoms with Crippen LogP contribution in [0.15, 0.2) is 36.7 Å². The van der Waals surface area contributed by atoms with E-state index in [9.17, 15) is 18.0 Å². The monoisotopic (exact) mass is 333 g/mol. The Balaban J connectivity index is 2.20. The molecule has 2 aromatic rings. The average Bonchev–Trinajstić information content (AvgIpc) is 2.87. The lowest BCUT2D eigenvalue weighted by molar-refractivity contribution is -0.198. The summed E-state index contributed by atoms with van der Waals surface area (Å²) in [5.74, 6) is -0.983. The maximum Gasteiger partial charge on any atom is 0.444 e. The first-order valence-corrected chi connectivity index (χ1v) is 6.47. The first-order valence-electron chi connectivity index (χ1n) is 6.03. The third kappa shape index (κ3) is 3.70. The van der Waals surface area contributed by atoms with Gasteiger partial charge in [0.15, 0.2) is 0 Å². The van der Waals surface area contributed by atoms with Gasteiger partial charge in [-0.1, -0.05) is 23.7 Å². The van der Waals surface area contributed by atoms with Crippen molar-refractivity contribution in [1.29, 1.82) is 0 Å². The van der Waals surface area contributed by atoms with Crippen LogP contribution in [0, 0.1) is 0 Å². The van der Waals surface area contributed by atoms with Crippen LogP contribution in [0.4, 0.5) is 18.9 Å². The highest BCUT2D eigenvalue weighted by Crippen LogP contribution is 2.33. The van der Waals surface area contributed by atoms with Crippen molar-refractivity contribution in [3.8, 4) is 5.75 Å². The summed E-state index contributed by atoms with van der Waals surface area (Å²) in [6, 6.07) is 5.39. The predicted octanol–water partition coefficient (Wildman–Crippen LogP) is 3.18. The van der Waals surface area contributed by atoms with E-state index >= 15 is 0 Å². The number of carbonyl (C=O) groups is 1. The molecule has 0 radical (unpaired) electrons. The number of ether oxygens (including phenoxy) is 1. The smallest absolute Gasteiger partial charge is 0.427 e. The molecule has 118 valence electrons. The fraction of sp³-hybridized carbons (Fsp3) is 0.231. The van der Waals surface area contributed by atoms with E-state index in [1.807, 2.05) is 0 Å². The van der Waals surface area contributed by atoms with Gasteiger partial charge in [0.1, 0.15) is 5.75 Å². The van der Waals surface area contributed by atoms with E-state index in [2.05, 4.69) is 15.2 Å². The molecule has 1 amide bonds. The zero-order valence-corrected chi connectivity index (χ0v) is 12.0. The number of nitrogens with zero attached hydrogens (tertiary/aromatic N) is 2. The van der Waals surface area contributed by atoms with Crippen LogP contribution < -0.4 is 10.1 Å². The van der Waals surface area contributed by atoms with Crippen molar-refractivity contribution in [3.63, 3.8) is 0 Å². The highest BCUT2D eigenvalue weighted by atomic mass is 35.5. The van der Waals surface area contributed by atoms with Gasteiger partial charge in [-0.3, -0.25) is 9.48 Å². The number of aryl methyl sites for hydroxylation is 1. The molecule has 0 aliphatic heterocycles. The van der Waals surface area contributed by atoms with Gasteiger partial charge in [-0.15, -0.1) is 0 Å². The highest BCUT2D eigenvalue weighted by Gasteiger charge is 2.42. The summed E-state index contributed by atoms with van der Waals surface area (Å²) in [6.45, 7) is 0. The van der Waals surface area contributed by atoms with Gasteiger partial charge in [-0.2, -0.15) is 13.9 Å². The number of carbonyl (C=O) groups excluding carboxylic acids is 1. The van der Waals surface area contributed by atoms with E-state index in [-0.39, 0.29) is 11.3 Å². The van der Waals surface area contributed by atoms with Crippen LogP contribution in [0.2, 0.25) is 0 Å². The number of halogens is 4. The van der Waals surface area contributed by atoms with Gasteiger partial charge < -0.3 is 10.1 Å². The lowest BCUT2D eigenvalue weighted by Gasteiger charge is -2.19. The Labute approximate surface area is 128 Å². The minimum absolute atomic E-state index is 0.0478. The van der Waals surface area contributed by atoms with Crippen LogP contribution >= 0.6 is 11.6 Å². The maximum absolute atomic E-state index is 13.2. The van der Waals surface area contributed by atoms with Crippen LogP contribution in [0.5, 0.6) is 5.75 Å². The number of nitrogens with one attached hydrogen (secondary N) is 1. The zero-order chi connectivity index (χ0) is 16.3. The second kappa shape index (κ2) is 6.27. The van der Waals surface area contributed by atoms with Gasteiger partial charge >= 0.3 is 6.11 Å². The van der Waals surface area contributed by atoms with E-state index in [0.717, 1.165) is 6.07 Å². The molecular formula is C13H11ClF3N3O2. The predicted molar refractivity (Wildman–Crippen MR) is 73.9 cm³/mol. The first-order chi connectivity index (χ1) is 10.3. The van der Waals surface area contributed by atoms with E-state index in [4.69, 9.17) is 11.6 Å². The lowest BCUT2D eigenvalue weighted by atomic mass is 10.2. The summed E-state index contributed by atoms with van der Waals surface area (Å²) in [7, 11) is 1.62. The van der Waals surface area contributed by atoms with Crippen molar-refractivity contribution >= 4 is 23.2 Å². The Bertz CT molecular complexity index is 676. The second-order valence-corrected chi connectivity index (χ2v) is 4.70. The maximum atomic E-state index is 13.2. The molecule has 0 saturated carbocycles. The van der Waals surface area contributed by atoms with Gasteiger partial charge in [0, 0.05) is 13.2 Å². The Morgan fingerprint density at radius 2 is 2.14 bits per heavy atom. The fourth-order valence-electron chi connectivity index (χ4n) is 1.58. The summed E-state index contributed by atoms with van der Waals surface area (Å²) < 4.78 is 44.7. The molecule has 0 saturated heterocycles. The third-order valence-corrected chi connectivity index (χ3v) is 2.86. The van der Waals surface area contributed by atoms with Gasteiger partial charge in [-0.25, -0.2) is 4.39 Å². The van der Waals surface area contributed by atoms with Gasteiger partial charge in [0.25, 0.3) is 11.5 Å². The number of rotatable bonds is 5. The van der Waals surface area contributed by atoms with E-state index in [1.165, 1.54) is 35.3 Å². The van der Waals surface area contributed by atoms with Crippen molar-refractivity contribution in [2.24, 2.45) is 7.05 Å². The molecule has 0 aliphatic rings. The minimum atomic E-state index is -4.23. The van der Waals surface area contributed by atoms with Crippen molar-refractivity contribution < 1.29 is 22.7 Å². The van der Waals surface area contributed by atoms with E-state index < -0.39 is 23.4 Å². The zero-order valence-electron chi connectivity index (χ0n) is 11.3. The average molecular weight is 334 g/mol. The van der Waals surface area contributed by atoms with Crippen LogP contribution in [-0.2, 0) is 7.05 Å². The molecule has 1 aromatic heterocycles. The molecule has 1 unspecified atom stereocenters. The summed E-state index contributed by atoms with van der Waals surface area (Å²) in [4.78, 5) is 12.0. The molecule has 0 spiro atoms. The molecule has 1 N–H and O–H groups in total. The summed E-state index contributed by atoms with van der Waals surface area (Å²) >= 11 is 4.74. The molecule has 5 nitrogen and oxygen atoms in total. The van der Waals surface area contributed by atoms with Crippen molar-refractivity contribution in [2.45, 2.75) is 11.7 Å². The van der Waals surface area contributed by atoms with Gasteiger partial charge in [0.2, 0.25) is 0 Å². The topological polar surface area (TPSA) is 56.2 Å². The van der Waals surface area contributed by atoms with Crippen molar-refractivity contribution in [3.05, 3.63) is 42.2 Å². The number of aromatic nitrogens is 2. The number of hydrogen-bond acceptors (Lipinski definition) is 3. The van der Waals surface area contributed by atoms with Crippen LogP contribution in [0.1, 0.15) is 10.4 Å². The van der Waals surface area contributed by atoms with Crippen LogP contribution in [-0.4, -0.2) is 27.4 Å². The molecular weight excluding hydrogens is 323 g/mol. The molecule has 2 rings (SSSR count). The SMILES string of the molecule is Cn1cc(C(=O)Nc2ccccc2OC(F)(F)C(F)Cl)cn1. The van der Waals surface area contributed by atoms with Crippen molar-refractivity contribution in [1.82, 2.24) is 9.78 Å². The molecule has 1 aromatic carbocycles. The third-order valence-electron chi connectivity index (χ3n) is 2.60. The highest BCUT2D eigenvalue weighted by molar-refractivity contribution is 6.20. The summed E-state index contributed by atoms with van der Waals surface area (Å²) in [5, 5.41) is 6.21. The van der Waals surface area contributed by atoms with Crippen LogP contribution in [0.25, 0.3) is 0 Å². The summed E-state index contributed by atoms with van der Waals surface area (Å²) in [6.07, 6.45) is -1.47. The molecule has 0 fully saturated rings. The Morgan fingerprint density at radius 1 is 1.45 bits per heavy atom. The minimum Gasteiger partial charge on any atom is -0.427 e. The number of hydrogen-bond donors (Lipinski definition) is 1. The lowest BCUT2D eigenvalue weighted by Crippen LogP contribution is -2.33. The number of para-hydroxylation sites is 2. The normalized spacial score (nSPS) is 12.8. The van der Waals surface area contributed by atoms with E-state index in [1.54, 1.807) is 7.05 Å². The molecule has 1 atom stereocenters. The number of anilines is 1. The molecule has 22 heavy (non-hydrogen) atoms. The van der Waals surface area contributed by atoms with Gasteiger partial charge in [0.05, 0.1) is 17.4 Å². The van der Waals surface area contributed by atoms with E-state index in [0.29, 0.717) is 0 Å². The largest absolute Gasteiger partial charge is 0.444 e. The second-order valence-electron chi connectivity index (χ2n) is 4.32. The summed E-state index contributed by atoms with van der Waals surface area (Å²) in [5.41, 5.74) is -2.84. The van der Waals surface area contributed by atoms with Gasteiger partial charge in [-0.05, 0) is 12.1 Å². The molecule has 0 bridgehead atoms. The Morgan fingerprint density at radius 3 is 2.73 bits per heavy atom. The quantitative estimate of drug-likeness (QED) is 0.855. The Kier molecular flexibility index (Phi) is 4.60. The molecule has 9 heteroatoms. The number of alkyl halides is 4. The fourth-order valence-corrected chi connectivity index (χ4v) is 1.63. The number of amides is 1. The van der Waals surface area contributed by atoms with Crippen LogP contribution in [0.3, 0.4) is 0 Å². The first kappa shape index (κ1) is 16.2. The Hall–Kier alpha value is -2.22. The molecule has 0 aliphatic carbocycles. The number of benzene rings is 1. The standard InChI is InChI=1S/C13H11ClF3N3O2/c1-20-7-8(6-18-20)11(21)19-9-4-2-3-5-10(9)22-13(16,17)12(14)15/h2-7,12H,1H3,(H,19,21). The molecule has 1 heterocycles. The van der Waals surface area contributed by atoms with Crippen molar-refractivity contribution in [2.75, 3.05) is 5.32 Å².